The van der Waals surface area contributed by atoms with Gasteiger partial charge in [0, 0.05) is 25.2 Å². The van der Waals surface area contributed by atoms with E-state index < -0.39 is 0 Å². The molecule has 0 amide bonds. The molecule has 4 aromatic rings. The molecule has 0 aliphatic heterocycles. The smallest absolute Gasteiger partial charge is 0.213 e. The fourth-order valence-corrected chi connectivity index (χ4v) is 2.78. The number of unbranched alkanes of at least 4 members (excludes halogenated alkanes) is 1. The Morgan fingerprint density at radius 3 is 2.75 bits per heavy atom. The monoisotopic (exact) mass is 378 g/mol. The van der Waals surface area contributed by atoms with Gasteiger partial charge < -0.3 is 4.74 Å². The maximum Gasteiger partial charge on any atom is 0.213 e. The van der Waals surface area contributed by atoms with Crippen molar-refractivity contribution in [2.75, 3.05) is 6.61 Å². The van der Waals surface area contributed by atoms with E-state index in [2.05, 4.69) is 44.2 Å². The van der Waals surface area contributed by atoms with Crippen LogP contribution in [0, 0.1) is 0 Å². The van der Waals surface area contributed by atoms with E-state index in [1.807, 2.05) is 29.2 Å². The van der Waals surface area contributed by atoms with Gasteiger partial charge in [-0.3, -0.25) is 4.68 Å². The van der Waals surface area contributed by atoms with Crippen molar-refractivity contribution in [3.63, 3.8) is 0 Å². The number of aryl methyl sites for hydroxylation is 1. The molecule has 0 aliphatic rings. The predicted octanol–water partition coefficient (Wildman–Crippen LogP) is 2.59. The summed E-state index contributed by atoms with van der Waals surface area (Å²) in [5.41, 5.74) is 3.12. The number of ether oxygens (including phenoxy) is 1. The second-order valence-corrected chi connectivity index (χ2v) is 6.43. The molecule has 0 aromatic carbocycles. The predicted molar refractivity (Wildman–Crippen MR) is 103 cm³/mol. The summed E-state index contributed by atoms with van der Waals surface area (Å²) < 4.78 is 9.16. The minimum atomic E-state index is 0.601. The Hall–Kier alpha value is -3.36. The van der Waals surface area contributed by atoms with Crippen LogP contribution in [0.25, 0.3) is 16.9 Å². The summed E-state index contributed by atoms with van der Waals surface area (Å²) in [4.78, 5) is 13.4. The molecular formula is C19H22N8O. The van der Waals surface area contributed by atoms with Gasteiger partial charge in [0.15, 0.2) is 11.2 Å². The second kappa shape index (κ2) is 8.12. The van der Waals surface area contributed by atoms with Crippen LogP contribution in [0.2, 0.25) is 0 Å². The van der Waals surface area contributed by atoms with Crippen molar-refractivity contribution in [3.8, 4) is 11.6 Å². The molecule has 0 aliphatic carbocycles. The van der Waals surface area contributed by atoms with E-state index in [1.165, 1.54) is 0 Å². The van der Waals surface area contributed by atoms with Gasteiger partial charge in [-0.25, -0.2) is 15.0 Å². The maximum atomic E-state index is 5.61. The normalized spacial score (nSPS) is 11.2. The highest BCUT2D eigenvalue weighted by Crippen LogP contribution is 2.16. The molecule has 9 heteroatoms. The topological polar surface area (TPSA) is 96.4 Å². The fraction of sp³-hybridized carbons (Fsp3) is 0.368. The third kappa shape index (κ3) is 3.83. The molecule has 0 bridgehead atoms. The Morgan fingerprint density at radius 1 is 1.07 bits per heavy atom. The van der Waals surface area contributed by atoms with Gasteiger partial charge in [0.25, 0.3) is 0 Å². The first-order valence-corrected chi connectivity index (χ1v) is 9.44. The van der Waals surface area contributed by atoms with Crippen LogP contribution in [0.5, 0.6) is 5.88 Å². The van der Waals surface area contributed by atoms with Crippen molar-refractivity contribution in [2.24, 2.45) is 0 Å². The first-order chi connectivity index (χ1) is 13.8. The Bertz CT molecular complexity index is 1050. The number of fused-ring (bicyclic) bond motifs is 1. The quantitative estimate of drug-likeness (QED) is 0.435. The molecular weight excluding hydrogens is 356 g/mol. The zero-order valence-corrected chi connectivity index (χ0v) is 16.0. The minimum absolute atomic E-state index is 0.601. The molecule has 0 fully saturated rings. The highest BCUT2D eigenvalue weighted by Gasteiger charge is 2.12. The van der Waals surface area contributed by atoms with Crippen molar-refractivity contribution < 1.29 is 4.74 Å². The van der Waals surface area contributed by atoms with Crippen LogP contribution in [0.4, 0.5) is 0 Å². The van der Waals surface area contributed by atoms with Gasteiger partial charge in [0.1, 0.15) is 5.82 Å². The largest absolute Gasteiger partial charge is 0.478 e. The molecule has 0 unspecified atom stereocenters. The van der Waals surface area contributed by atoms with Crippen LogP contribution in [0.1, 0.15) is 38.1 Å². The molecule has 0 N–H and O–H groups in total. The summed E-state index contributed by atoms with van der Waals surface area (Å²) in [6.07, 6.45) is 9.95. The van der Waals surface area contributed by atoms with Gasteiger partial charge in [-0.15, -0.1) is 5.10 Å². The molecule has 0 atom stereocenters. The third-order valence-corrected chi connectivity index (χ3v) is 4.33. The van der Waals surface area contributed by atoms with Crippen LogP contribution in [0.15, 0.2) is 36.9 Å². The van der Waals surface area contributed by atoms with E-state index in [1.54, 1.807) is 17.1 Å². The zero-order chi connectivity index (χ0) is 19.3. The van der Waals surface area contributed by atoms with Crippen LogP contribution in [-0.2, 0) is 13.0 Å². The van der Waals surface area contributed by atoms with Crippen molar-refractivity contribution in [2.45, 2.75) is 39.7 Å². The lowest BCUT2D eigenvalue weighted by atomic mass is 10.2. The number of aromatic nitrogens is 8. The molecule has 4 aromatic heterocycles. The number of nitrogens with zero attached hydrogens (tertiary/aromatic N) is 8. The molecule has 9 nitrogen and oxygen atoms in total. The highest BCUT2D eigenvalue weighted by molar-refractivity contribution is 5.70. The SMILES string of the molecule is CCCCOc1ccc(-n2nnc3cnc(Cc4cnn(CC)c4)nc32)cn1. The number of pyridine rings is 1. The summed E-state index contributed by atoms with van der Waals surface area (Å²) >= 11 is 0. The first-order valence-electron chi connectivity index (χ1n) is 9.44. The van der Waals surface area contributed by atoms with Crippen molar-refractivity contribution in [1.29, 1.82) is 0 Å². The van der Waals surface area contributed by atoms with Gasteiger partial charge in [-0.05, 0) is 25.0 Å². The minimum Gasteiger partial charge on any atom is -0.478 e. The van der Waals surface area contributed by atoms with Crippen LogP contribution in [0.3, 0.4) is 0 Å². The standard InChI is InChI=1S/C19H22N8O/c1-3-5-8-28-18-7-6-15(11-21-18)27-19-16(24-25-27)12-20-17(23-19)9-14-10-22-26(4-2)13-14/h6-7,10-13H,3-5,8-9H2,1-2H3. The van der Waals surface area contributed by atoms with Gasteiger partial charge in [0.05, 0.1) is 30.9 Å². The van der Waals surface area contributed by atoms with Crippen molar-refractivity contribution in [1.82, 2.24) is 39.7 Å². The molecule has 4 heterocycles. The summed E-state index contributed by atoms with van der Waals surface area (Å²) in [5.74, 6) is 1.30. The van der Waals surface area contributed by atoms with E-state index in [4.69, 9.17) is 4.74 Å². The van der Waals surface area contributed by atoms with Crippen molar-refractivity contribution in [3.05, 3.63) is 48.3 Å². The molecule has 0 saturated carbocycles. The zero-order valence-electron chi connectivity index (χ0n) is 16.0. The number of hydrogen-bond acceptors (Lipinski definition) is 7. The van der Waals surface area contributed by atoms with E-state index in [0.717, 1.165) is 30.6 Å². The third-order valence-electron chi connectivity index (χ3n) is 4.33. The first kappa shape index (κ1) is 18.0. The molecule has 0 spiro atoms. The van der Waals surface area contributed by atoms with E-state index in [0.29, 0.717) is 35.9 Å². The van der Waals surface area contributed by atoms with Crippen molar-refractivity contribution >= 4 is 11.2 Å². The summed E-state index contributed by atoms with van der Waals surface area (Å²) in [6, 6.07) is 3.73. The van der Waals surface area contributed by atoms with E-state index in [9.17, 15) is 0 Å². The number of rotatable bonds is 8. The Kier molecular flexibility index (Phi) is 5.22. The molecule has 28 heavy (non-hydrogen) atoms. The molecule has 4 rings (SSSR count). The lowest BCUT2D eigenvalue weighted by Crippen LogP contribution is -2.03. The molecule has 0 saturated heterocycles. The molecule has 144 valence electrons. The highest BCUT2D eigenvalue weighted by atomic mass is 16.5. The summed E-state index contributed by atoms with van der Waals surface area (Å²) in [7, 11) is 0. The lowest BCUT2D eigenvalue weighted by Gasteiger charge is -2.06. The van der Waals surface area contributed by atoms with Gasteiger partial charge in [0.2, 0.25) is 5.88 Å². The summed E-state index contributed by atoms with van der Waals surface area (Å²) in [6.45, 7) is 5.68. The van der Waals surface area contributed by atoms with Gasteiger partial charge >= 0.3 is 0 Å². The Morgan fingerprint density at radius 2 is 2.00 bits per heavy atom. The average molecular weight is 378 g/mol. The van der Waals surface area contributed by atoms with E-state index >= 15 is 0 Å². The van der Waals surface area contributed by atoms with Gasteiger partial charge in [-0.1, -0.05) is 18.6 Å². The van der Waals surface area contributed by atoms with Crippen LogP contribution in [-0.4, -0.2) is 46.3 Å². The Balaban J connectivity index is 1.57. The Labute approximate surface area is 162 Å². The van der Waals surface area contributed by atoms with Crippen LogP contribution >= 0.6 is 0 Å². The second-order valence-electron chi connectivity index (χ2n) is 6.43. The average Bonchev–Trinajstić information content (AvgIpc) is 3.35. The number of hydrogen-bond donors (Lipinski definition) is 0. The van der Waals surface area contributed by atoms with Gasteiger partial charge in [-0.2, -0.15) is 9.78 Å². The van der Waals surface area contributed by atoms with Crippen LogP contribution < -0.4 is 4.74 Å². The fourth-order valence-electron chi connectivity index (χ4n) is 2.78. The molecule has 0 radical (unpaired) electrons. The lowest BCUT2D eigenvalue weighted by molar-refractivity contribution is 0.298. The summed E-state index contributed by atoms with van der Waals surface area (Å²) in [5, 5.41) is 12.7. The van der Waals surface area contributed by atoms with E-state index in [-0.39, 0.29) is 0 Å². The maximum absolute atomic E-state index is 5.61.